The van der Waals surface area contributed by atoms with Crippen LogP contribution in [0.2, 0.25) is 0 Å². The second-order valence-corrected chi connectivity index (χ2v) is 3.03. The molecule has 1 atom stereocenters. The van der Waals surface area contributed by atoms with E-state index in [9.17, 15) is 0 Å². The van der Waals surface area contributed by atoms with Gasteiger partial charge in [0.2, 0.25) is 5.88 Å². The summed E-state index contributed by atoms with van der Waals surface area (Å²) in [5.74, 6) is 0.632. The number of pyridine rings is 1. The monoisotopic (exact) mass is 180 g/mol. The summed E-state index contributed by atoms with van der Waals surface area (Å²) in [7, 11) is 1.61. The van der Waals surface area contributed by atoms with Crippen molar-refractivity contribution in [2.75, 3.05) is 7.11 Å². The number of nitrogens with zero attached hydrogens (tertiary/aromatic N) is 1. The van der Waals surface area contributed by atoms with Gasteiger partial charge in [0.15, 0.2) is 0 Å². The molecule has 0 radical (unpaired) electrons. The Morgan fingerprint density at radius 2 is 2.31 bits per heavy atom. The third-order valence-corrected chi connectivity index (χ3v) is 2.00. The van der Waals surface area contributed by atoms with Crippen molar-refractivity contribution in [3.63, 3.8) is 0 Å². The van der Waals surface area contributed by atoms with E-state index in [4.69, 9.17) is 10.5 Å². The first-order valence-corrected chi connectivity index (χ1v) is 4.53. The maximum atomic E-state index is 5.92. The highest BCUT2D eigenvalue weighted by Crippen LogP contribution is 2.16. The summed E-state index contributed by atoms with van der Waals surface area (Å²) in [6, 6.07) is 3.90. The van der Waals surface area contributed by atoms with Crippen LogP contribution < -0.4 is 10.5 Å². The van der Waals surface area contributed by atoms with Gasteiger partial charge < -0.3 is 10.5 Å². The van der Waals surface area contributed by atoms with Gasteiger partial charge in [-0.25, -0.2) is 4.98 Å². The van der Waals surface area contributed by atoms with Gasteiger partial charge in [-0.1, -0.05) is 19.4 Å². The molecule has 0 aliphatic carbocycles. The van der Waals surface area contributed by atoms with Crippen LogP contribution in [0.15, 0.2) is 18.3 Å². The molecule has 0 saturated carbocycles. The molecule has 1 heterocycles. The molecule has 0 aromatic carbocycles. The number of hydrogen-bond acceptors (Lipinski definition) is 3. The standard InChI is InChI=1S/C10H16N2O/c1-3-4-9(11)8-5-6-10(13-2)12-7-8/h5-7,9H,3-4,11H2,1-2H3. The lowest BCUT2D eigenvalue weighted by molar-refractivity contribution is 0.397. The van der Waals surface area contributed by atoms with Crippen molar-refractivity contribution in [1.29, 1.82) is 0 Å². The molecule has 0 fully saturated rings. The van der Waals surface area contributed by atoms with Crippen LogP contribution in [-0.4, -0.2) is 12.1 Å². The highest BCUT2D eigenvalue weighted by atomic mass is 16.5. The van der Waals surface area contributed by atoms with Gasteiger partial charge >= 0.3 is 0 Å². The summed E-state index contributed by atoms with van der Waals surface area (Å²) in [6.45, 7) is 2.12. The molecular weight excluding hydrogens is 164 g/mol. The Bertz CT molecular complexity index is 246. The van der Waals surface area contributed by atoms with E-state index in [2.05, 4.69) is 11.9 Å². The Labute approximate surface area is 78.9 Å². The molecule has 1 aromatic heterocycles. The summed E-state index contributed by atoms with van der Waals surface area (Å²) in [4.78, 5) is 4.10. The fourth-order valence-electron chi connectivity index (χ4n) is 1.21. The Balaban J connectivity index is 2.67. The normalized spacial score (nSPS) is 12.5. The maximum Gasteiger partial charge on any atom is 0.212 e. The Morgan fingerprint density at radius 1 is 1.54 bits per heavy atom. The van der Waals surface area contributed by atoms with Gasteiger partial charge in [-0.3, -0.25) is 0 Å². The molecule has 2 N–H and O–H groups in total. The van der Waals surface area contributed by atoms with Gasteiger partial charge in [0.25, 0.3) is 0 Å². The molecule has 1 unspecified atom stereocenters. The molecule has 0 saturated heterocycles. The molecule has 13 heavy (non-hydrogen) atoms. The van der Waals surface area contributed by atoms with Crippen molar-refractivity contribution in [2.45, 2.75) is 25.8 Å². The van der Waals surface area contributed by atoms with E-state index in [1.807, 2.05) is 12.1 Å². The van der Waals surface area contributed by atoms with Gasteiger partial charge in [0.1, 0.15) is 0 Å². The van der Waals surface area contributed by atoms with Gasteiger partial charge in [0, 0.05) is 18.3 Å². The SMILES string of the molecule is CCCC(N)c1ccc(OC)nc1. The van der Waals surface area contributed by atoms with Crippen LogP contribution >= 0.6 is 0 Å². The van der Waals surface area contributed by atoms with Crippen molar-refractivity contribution in [1.82, 2.24) is 4.98 Å². The molecule has 1 aromatic rings. The van der Waals surface area contributed by atoms with Gasteiger partial charge in [0.05, 0.1) is 7.11 Å². The van der Waals surface area contributed by atoms with E-state index < -0.39 is 0 Å². The van der Waals surface area contributed by atoms with E-state index in [0.29, 0.717) is 5.88 Å². The predicted octanol–water partition coefficient (Wildman–Crippen LogP) is 1.89. The van der Waals surface area contributed by atoms with Crippen LogP contribution in [0.1, 0.15) is 31.4 Å². The van der Waals surface area contributed by atoms with Crippen LogP contribution in [0.3, 0.4) is 0 Å². The fourth-order valence-corrected chi connectivity index (χ4v) is 1.21. The summed E-state index contributed by atoms with van der Waals surface area (Å²) < 4.78 is 4.96. The molecule has 3 nitrogen and oxygen atoms in total. The Morgan fingerprint density at radius 3 is 2.77 bits per heavy atom. The number of nitrogens with two attached hydrogens (primary N) is 1. The van der Waals surface area contributed by atoms with Crippen LogP contribution in [0.4, 0.5) is 0 Å². The summed E-state index contributed by atoms with van der Waals surface area (Å²) in [5, 5.41) is 0. The van der Waals surface area contributed by atoms with Crippen molar-refractivity contribution in [2.24, 2.45) is 5.73 Å². The van der Waals surface area contributed by atoms with Crippen molar-refractivity contribution in [3.05, 3.63) is 23.9 Å². The van der Waals surface area contributed by atoms with Gasteiger partial charge in [-0.05, 0) is 12.0 Å². The summed E-state index contributed by atoms with van der Waals surface area (Å²) in [5.41, 5.74) is 6.99. The average Bonchev–Trinajstić information content (AvgIpc) is 2.18. The average molecular weight is 180 g/mol. The Kier molecular flexibility index (Phi) is 3.71. The number of aromatic nitrogens is 1. The van der Waals surface area contributed by atoms with Crippen molar-refractivity contribution in [3.8, 4) is 5.88 Å². The van der Waals surface area contributed by atoms with Crippen LogP contribution in [0.5, 0.6) is 5.88 Å². The van der Waals surface area contributed by atoms with E-state index in [0.717, 1.165) is 18.4 Å². The number of rotatable bonds is 4. The summed E-state index contributed by atoms with van der Waals surface area (Å²) in [6.07, 6.45) is 3.86. The maximum absolute atomic E-state index is 5.92. The third kappa shape index (κ3) is 2.70. The molecule has 72 valence electrons. The highest BCUT2D eigenvalue weighted by molar-refractivity contribution is 5.20. The van der Waals surface area contributed by atoms with Crippen molar-refractivity contribution < 1.29 is 4.74 Å². The molecule has 0 spiro atoms. The minimum Gasteiger partial charge on any atom is -0.481 e. The zero-order valence-electron chi connectivity index (χ0n) is 8.16. The fraction of sp³-hybridized carbons (Fsp3) is 0.500. The molecule has 1 rings (SSSR count). The first-order chi connectivity index (χ1) is 6.27. The molecule has 0 aliphatic heterocycles. The minimum absolute atomic E-state index is 0.100. The molecule has 0 amide bonds. The molecule has 3 heteroatoms. The number of ether oxygens (including phenoxy) is 1. The lowest BCUT2D eigenvalue weighted by Gasteiger charge is -2.09. The van der Waals surface area contributed by atoms with E-state index in [1.165, 1.54) is 0 Å². The van der Waals surface area contributed by atoms with Crippen molar-refractivity contribution >= 4 is 0 Å². The summed E-state index contributed by atoms with van der Waals surface area (Å²) >= 11 is 0. The van der Waals surface area contributed by atoms with Gasteiger partial charge in [-0.15, -0.1) is 0 Å². The third-order valence-electron chi connectivity index (χ3n) is 2.00. The lowest BCUT2D eigenvalue weighted by Crippen LogP contribution is -2.09. The number of methoxy groups -OCH3 is 1. The topological polar surface area (TPSA) is 48.1 Å². The first kappa shape index (κ1) is 9.99. The predicted molar refractivity (Wildman–Crippen MR) is 52.6 cm³/mol. The second kappa shape index (κ2) is 4.82. The second-order valence-electron chi connectivity index (χ2n) is 3.03. The molecular formula is C10H16N2O. The van der Waals surface area contributed by atoms with E-state index in [1.54, 1.807) is 13.3 Å². The zero-order chi connectivity index (χ0) is 9.68. The van der Waals surface area contributed by atoms with E-state index >= 15 is 0 Å². The zero-order valence-corrected chi connectivity index (χ0v) is 8.16. The molecule has 0 bridgehead atoms. The first-order valence-electron chi connectivity index (χ1n) is 4.53. The lowest BCUT2D eigenvalue weighted by atomic mass is 10.1. The highest BCUT2D eigenvalue weighted by Gasteiger charge is 2.04. The quantitative estimate of drug-likeness (QED) is 0.769. The van der Waals surface area contributed by atoms with E-state index in [-0.39, 0.29) is 6.04 Å². The number of hydrogen-bond donors (Lipinski definition) is 1. The van der Waals surface area contributed by atoms with Crippen LogP contribution in [-0.2, 0) is 0 Å². The molecule has 0 aliphatic rings. The van der Waals surface area contributed by atoms with Gasteiger partial charge in [-0.2, -0.15) is 0 Å². The Hall–Kier alpha value is -1.09. The minimum atomic E-state index is 0.100. The van der Waals surface area contributed by atoms with Crippen LogP contribution in [0, 0.1) is 0 Å². The smallest absolute Gasteiger partial charge is 0.212 e. The largest absolute Gasteiger partial charge is 0.481 e. The van der Waals surface area contributed by atoms with Crippen LogP contribution in [0.25, 0.3) is 0 Å².